The van der Waals surface area contributed by atoms with Crippen molar-refractivity contribution in [2.45, 2.75) is 30.7 Å². The van der Waals surface area contributed by atoms with Gasteiger partial charge in [-0.15, -0.1) is 11.8 Å². The molecule has 1 aromatic rings. The fourth-order valence-electron chi connectivity index (χ4n) is 3.81. The van der Waals surface area contributed by atoms with Gasteiger partial charge in [0.1, 0.15) is 26.6 Å². The molecule has 4 rings (SSSR count). The van der Waals surface area contributed by atoms with Crippen molar-refractivity contribution in [1.82, 2.24) is 15.2 Å². The summed E-state index contributed by atoms with van der Waals surface area (Å²) in [6.07, 6.45) is 2.72. The number of hydrogen-bond donors (Lipinski definition) is 5. The van der Waals surface area contributed by atoms with E-state index in [-0.39, 0.29) is 16.5 Å². The Balaban J connectivity index is 1.53. The lowest BCUT2D eigenvalue weighted by atomic mass is 10.0. The second-order valence-corrected chi connectivity index (χ2v) is 11.9. The summed E-state index contributed by atoms with van der Waals surface area (Å²) in [4.78, 5) is 44.5. The van der Waals surface area contributed by atoms with E-state index in [1.807, 2.05) is 0 Å². The molecule has 0 radical (unpaired) electrons. The molecular weight excluding hydrogens is 556 g/mol. The molecule has 2 atom stereocenters. The average Bonchev–Trinajstić information content (AvgIpc) is 3.37. The summed E-state index contributed by atoms with van der Waals surface area (Å²) in [6.45, 7) is 0.431. The van der Waals surface area contributed by atoms with Crippen LogP contribution in [0.2, 0.25) is 0 Å². The SMILES string of the molecule is NCC1=C(SC2=C(C(=O)O)N3C(=O)C(NC(=O)/C(=N\O)c4nc(N)sc4Br)[C@H]3SC2)CCC1. The zero-order valence-corrected chi connectivity index (χ0v) is 20.9. The van der Waals surface area contributed by atoms with Gasteiger partial charge in [0, 0.05) is 17.2 Å². The maximum absolute atomic E-state index is 12.9. The third-order valence-corrected chi connectivity index (χ3v) is 9.65. The van der Waals surface area contributed by atoms with Crippen LogP contribution >= 0.6 is 50.8 Å². The number of carboxylic acids is 1. The van der Waals surface area contributed by atoms with Gasteiger partial charge in [-0.3, -0.25) is 14.5 Å². The number of aliphatic carboxylic acids is 1. The van der Waals surface area contributed by atoms with Gasteiger partial charge in [0.15, 0.2) is 10.8 Å². The fourth-order valence-corrected chi connectivity index (χ4v) is 7.93. The zero-order chi connectivity index (χ0) is 23.9. The molecule has 0 aromatic carbocycles. The van der Waals surface area contributed by atoms with Gasteiger partial charge in [-0.05, 0) is 45.7 Å². The topological polar surface area (TPSA) is 184 Å². The molecule has 1 aromatic heterocycles. The Kier molecular flexibility index (Phi) is 7.04. The highest BCUT2D eigenvalue weighted by atomic mass is 79.9. The minimum atomic E-state index is -1.20. The van der Waals surface area contributed by atoms with E-state index in [9.17, 15) is 24.7 Å². The van der Waals surface area contributed by atoms with Crippen LogP contribution in [0.4, 0.5) is 5.13 Å². The number of nitrogens with zero attached hydrogens (tertiary/aromatic N) is 3. The summed E-state index contributed by atoms with van der Waals surface area (Å²) in [6, 6.07) is -0.972. The first kappa shape index (κ1) is 24.1. The minimum Gasteiger partial charge on any atom is -0.477 e. The number of thioether (sulfide) groups is 2. The molecule has 1 aliphatic carbocycles. The number of rotatable bonds is 7. The predicted octanol–water partition coefficient (Wildman–Crippen LogP) is 1.49. The van der Waals surface area contributed by atoms with Gasteiger partial charge in [-0.2, -0.15) is 0 Å². The largest absolute Gasteiger partial charge is 0.477 e. The van der Waals surface area contributed by atoms with E-state index in [1.54, 1.807) is 0 Å². The van der Waals surface area contributed by atoms with E-state index in [0.717, 1.165) is 41.1 Å². The van der Waals surface area contributed by atoms with Crippen LogP contribution in [0.3, 0.4) is 0 Å². The maximum Gasteiger partial charge on any atom is 0.353 e. The van der Waals surface area contributed by atoms with Crippen LogP contribution in [0.15, 0.2) is 30.0 Å². The van der Waals surface area contributed by atoms with Crippen LogP contribution in [-0.2, 0) is 14.4 Å². The lowest BCUT2D eigenvalue weighted by Crippen LogP contribution is -2.71. The quantitative estimate of drug-likeness (QED) is 0.138. The van der Waals surface area contributed by atoms with Crippen molar-refractivity contribution in [3.8, 4) is 0 Å². The number of carbonyl (C=O) groups excluding carboxylic acids is 2. The smallest absolute Gasteiger partial charge is 0.353 e. The van der Waals surface area contributed by atoms with Crippen LogP contribution < -0.4 is 16.8 Å². The number of β-lactam (4-membered cyclic amide) rings is 1. The Morgan fingerprint density at radius 2 is 2.12 bits per heavy atom. The lowest BCUT2D eigenvalue weighted by molar-refractivity contribution is -0.150. The number of amides is 2. The molecule has 33 heavy (non-hydrogen) atoms. The molecular formula is C18H19BrN6O5S3. The molecule has 11 nitrogen and oxygen atoms in total. The first-order valence-corrected chi connectivity index (χ1v) is 13.2. The van der Waals surface area contributed by atoms with Crippen LogP contribution in [-0.4, -0.2) is 67.4 Å². The summed E-state index contributed by atoms with van der Waals surface area (Å²) < 4.78 is 0.396. The van der Waals surface area contributed by atoms with Gasteiger partial charge in [-0.25, -0.2) is 9.78 Å². The third kappa shape index (κ3) is 4.39. The van der Waals surface area contributed by atoms with E-state index in [1.165, 1.54) is 28.4 Å². The van der Waals surface area contributed by atoms with Gasteiger partial charge < -0.3 is 27.1 Å². The number of aromatic nitrogens is 1. The Hall–Kier alpha value is -2.07. The molecule has 2 amide bonds. The molecule has 7 N–H and O–H groups in total. The van der Waals surface area contributed by atoms with Crippen molar-refractivity contribution in [3.05, 3.63) is 30.6 Å². The van der Waals surface area contributed by atoms with Crippen molar-refractivity contribution < 1.29 is 24.7 Å². The fraction of sp³-hybridized carbons (Fsp3) is 0.389. The number of thiazole rings is 1. The Morgan fingerprint density at radius 3 is 2.73 bits per heavy atom. The normalized spacial score (nSPS) is 23.0. The second kappa shape index (κ2) is 9.66. The number of fused-ring (bicyclic) bond motifs is 1. The summed E-state index contributed by atoms with van der Waals surface area (Å²) in [5.74, 6) is -2.20. The highest BCUT2D eigenvalue weighted by Crippen LogP contribution is 2.47. The number of oxime groups is 1. The number of nitrogen functional groups attached to an aromatic ring is 1. The van der Waals surface area contributed by atoms with Crippen molar-refractivity contribution in [1.29, 1.82) is 0 Å². The molecule has 15 heteroatoms. The van der Waals surface area contributed by atoms with Gasteiger partial charge in [0.05, 0.1) is 0 Å². The molecule has 176 valence electrons. The molecule has 1 saturated heterocycles. The number of halogens is 1. The van der Waals surface area contributed by atoms with Crippen molar-refractivity contribution >= 4 is 79.4 Å². The lowest BCUT2D eigenvalue weighted by Gasteiger charge is -2.49. The molecule has 1 fully saturated rings. The number of nitrogens with one attached hydrogen (secondary N) is 1. The number of carbonyl (C=O) groups is 3. The van der Waals surface area contributed by atoms with Crippen LogP contribution in [0.25, 0.3) is 0 Å². The van der Waals surface area contributed by atoms with Crippen molar-refractivity contribution in [2.24, 2.45) is 10.9 Å². The Bertz CT molecular complexity index is 1130. The third-order valence-electron chi connectivity index (χ3n) is 5.33. The molecule has 0 bridgehead atoms. The molecule has 3 aliphatic rings. The number of carboxylic acid groups (broad SMARTS) is 1. The summed E-state index contributed by atoms with van der Waals surface area (Å²) in [7, 11) is 0. The highest BCUT2D eigenvalue weighted by molar-refractivity contribution is 9.11. The Labute approximate surface area is 208 Å². The molecule has 2 aliphatic heterocycles. The van der Waals surface area contributed by atoms with Gasteiger partial charge >= 0.3 is 5.97 Å². The van der Waals surface area contributed by atoms with Crippen LogP contribution in [0.1, 0.15) is 25.0 Å². The van der Waals surface area contributed by atoms with Crippen molar-refractivity contribution in [3.63, 3.8) is 0 Å². The van der Waals surface area contributed by atoms with Crippen LogP contribution in [0, 0.1) is 0 Å². The van der Waals surface area contributed by atoms with Gasteiger partial charge in [0.25, 0.3) is 11.8 Å². The second-order valence-electron chi connectivity index (χ2n) is 7.25. The molecule has 1 unspecified atom stereocenters. The number of anilines is 1. The summed E-state index contributed by atoms with van der Waals surface area (Å²) >= 11 is 7.00. The highest BCUT2D eigenvalue weighted by Gasteiger charge is 2.54. The average molecular weight is 575 g/mol. The number of allylic oxidation sites excluding steroid dienone is 1. The van der Waals surface area contributed by atoms with E-state index in [4.69, 9.17) is 11.5 Å². The van der Waals surface area contributed by atoms with Gasteiger partial charge in [-0.1, -0.05) is 28.3 Å². The predicted molar refractivity (Wildman–Crippen MR) is 130 cm³/mol. The monoisotopic (exact) mass is 574 g/mol. The first-order chi connectivity index (χ1) is 15.8. The molecule has 0 spiro atoms. The van der Waals surface area contributed by atoms with Gasteiger partial charge in [0.2, 0.25) is 0 Å². The van der Waals surface area contributed by atoms with E-state index < -0.39 is 34.9 Å². The summed E-state index contributed by atoms with van der Waals surface area (Å²) in [5.41, 5.74) is 12.1. The van der Waals surface area contributed by atoms with E-state index >= 15 is 0 Å². The first-order valence-electron chi connectivity index (χ1n) is 9.71. The van der Waals surface area contributed by atoms with Crippen LogP contribution in [0.5, 0.6) is 0 Å². The zero-order valence-electron chi connectivity index (χ0n) is 16.9. The minimum absolute atomic E-state index is 0.0442. The standard InChI is InChI=1S/C18H19BrN6O5S3/c19-13-9(23-18(21)33-13)10(24-30)14(26)22-11-15(27)25-12(17(28)29)8(5-31-16(11)25)32-7-3-1-2-6(7)4-20/h11,16,30H,1-5,20H2,(H2,21,23)(H,22,26)(H,28,29)/b24-10-/t11?,16-/m1/s1. The summed E-state index contributed by atoms with van der Waals surface area (Å²) in [5, 5.41) is 24.3. The number of hydrogen-bond acceptors (Lipinski definition) is 11. The molecule has 3 heterocycles. The van der Waals surface area contributed by atoms with E-state index in [0.29, 0.717) is 21.0 Å². The van der Waals surface area contributed by atoms with Crippen molar-refractivity contribution in [2.75, 3.05) is 18.0 Å². The maximum atomic E-state index is 12.9. The number of nitrogens with two attached hydrogens (primary N) is 2. The van der Waals surface area contributed by atoms with E-state index in [2.05, 4.69) is 31.4 Å². The molecule has 0 saturated carbocycles. The Morgan fingerprint density at radius 1 is 1.36 bits per heavy atom.